The lowest BCUT2D eigenvalue weighted by Crippen LogP contribution is -2.61. The predicted molar refractivity (Wildman–Crippen MR) is 212 cm³/mol. The molecule has 1 aromatic rings. The summed E-state index contributed by atoms with van der Waals surface area (Å²) < 4.78 is 37.9. The summed E-state index contributed by atoms with van der Waals surface area (Å²) in [6.07, 6.45) is -11.3. The van der Waals surface area contributed by atoms with Crippen molar-refractivity contribution in [3.05, 3.63) is 35.9 Å². The number of likely N-dealkylation sites (N-methyl/N-ethyl adjacent to an activating group) is 1. The molecule has 0 radical (unpaired) electrons. The van der Waals surface area contributed by atoms with Crippen LogP contribution >= 0.6 is 0 Å². The van der Waals surface area contributed by atoms with Crippen LogP contribution < -0.4 is 0 Å². The molecule has 1 aromatic carbocycles. The maximum atomic E-state index is 14.6. The minimum Gasteiger partial charge on any atom is -0.454 e. The zero-order valence-corrected chi connectivity index (χ0v) is 36.3. The Kier molecular flexibility index (Phi) is 15.8. The number of benzene rings is 1. The molecule has 0 aliphatic carbocycles. The zero-order chi connectivity index (χ0) is 42.9. The second kappa shape index (κ2) is 18.9. The van der Waals surface area contributed by atoms with Crippen LogP contribution in [0.5, 0.6) is 0 Å². The Morgan fingerprint density at radius 1 is 0.842 bits per heavy atom. The van der Waals surface area contributed by atoms with Gasteiger partial charge in [-0.1, -0.05) is 51.1 Å². The van der Waals surface area contributed by atoms with Gasteiger partial charge in [-0.2, -0.15) is 0 Å². The van der Waals surface area contributed by atoms with Crippen LogP contribution in [-0.4, -0.2) is 146 Å². The number of carbonyl (C=O) groups excluding carboxylic acids is 1. The summed E-state index contributed by atoms with van der Waals surface area (Å²) in [5.74, 6) is -4.37. The molecule has 0 aromatic heterocycles. The molecule has 0 saturated carbocycles. The van der Waals surface area contributed by atoms with E-state index in [2.05, 4.69) is 4.90 Å². The molecule has 0 spiro atoms. The van der Waals surface area contributed by atoms with Crippen LogP contribution in [0.15, 0.2) is 30.3 Å². The summed E-state index contributed by atoms with van der Waals surface area (Å²) in [6.45, 7) is 19.1. The fraction of sp³-hybridized carbons (Fsp3) is 0.837. The third-order valence-corrected chi connectivity index (χ3v) is 13.3. The van der Waals surface area contributed by atoms with Gasteiger partial charge < -0.3 is 59.1 Å². The van der Waals surface area contributed by atoms with Crippen LogP contribution in [0, 0.1) is 23.7 Å². The van der Waals surface area contributed by atoms with Gasteiger partial charge in [-0.25, -0.2) is 0 Å². The van der Waals surface area contributed by atoms with Crippen LogP contribution in [-0.2, 0) is 33.2 Å². The summed E-state index contributed by atoms with van der Waals surface area (Å²) in [7, 11) is 3.42. The minimum absolute atomic E-state index is 0.0609. The fourth-order valence-electron chi connectivity index (χ4n) is 9.34. The summed E-state index contributed by atoms with van der Waals surface area (Å²) in [5.41, 5.74) is -4.50. The number of hydrogen-bond donors (Lipinski definition) is 6. The van der Waals surface area contributed by atoms with Crippen molar-refractivity contribution in [1.29, 1.82) is 0 Å². The quantitative estimate of drug-likeness (QED) is 0.209. The van der Waals surface area contributed by atoms with E-state index >= 15 is 0 Å². The maximum absolute atomic E-state index is 14.6. The molecule has 3 heterocycles. The van der Waals surface area contributed by atoms with Gasteiger partial charge in [0.1, 0.15) is 17.8 Å². The lowest BCUT2D eigenvalue weighted by molar-refractivity contribution is -0.319. The van der Waals surface area contributed by atoms with Gasteiger partial charge in [0.2, 0.25) is 0 Å². The topological polar surface area (TPSA) is 197 Å². The van der Waals surface area contributed by atoms with Crippen molar-refractivity contribution in [2.75, 3.05) is 14.2 Å². The molecular formula is C43H73NO13. The SMILES string of the molecule is COC1(C)CC(OC2C(C)C(=O)OC(c3ccccc3)C(C)(O)C(O)C(C)C(O)C(C)CC(C)(O)C(OC3OC(C)CC(N(C)C(C)C)C3O)C2C)OC(C)C1O. The van der Waals surface area contributed by atoms with Crippen molar-refractivity contribution >= 4 is 5.97 Å². The van der Waals surface area contributed by atoms with Crippen molar-refractivity contribution in [2.24, 2.45) is 23.7 Å². The van der Waals surface area contributed by atoms with Crippen molar-refractivity contribution in [3.8, 4) is 0 Å². The first kappa shape index (κ1) is 47.9. The number of aliphatic hydroxyl groups excluding tert-OH is 4. The first-order valence-electron chi connectivity index (χ1n) is 20.7. The highest BCUT2D eigenvalue weighted by atomic mass is 16.7. The summed E-state index contributed by atoms with van der Waals surface area (Å²) in [4.78, 5) is 16.6. The summed E-state index contributed by atoms with van der Waals surface area (Å²) >= 11 is 0. The zero-order valence-electron chi connectivity index (χ0n) is 36.3. The van der Waals surface area contributed by atoms with E-state index in [9.17, 15) is 35.4 Å². The van der Waals surface area contributed by atoms with E-state index in [1.165, 1.54) is 14.0 Å². The van der Waals surface area contributed by atoms with Crippen LogP contribution in [0.25, 0.3) is 0 Å². The molecule has 14 heteroatoms. The molecule has 328 valence electrons. The van der Waals surface area contributed by atoms with Crippen molar-refractivity contribution in [1.82, 2.24) is 4.90 Å². The standard InChI is InChI=1S/C43H73NO13/c1-22(2)44(12)30-19-24(4)53-40(33(30)46)57-37-26(6)34(55-31-21-42(10,52-13)36(48)28(8)54-31)27(7)39(49)56-38(29-17-15-14-16-18-29)43(11,51)35(47)25(5)32(45)23(3)20-41(37,9)50/h14-18,22-28,30-38,40,45-48,50-51H,19-21H2,1-13H3. The number of esters is 1. The van der Waals surface area contributed by atoms with Gasteiger partial charge in [0, 0.05) is 37.5 Å². The monoisotopic (exact) mass is 812 g/mol. The van der Waals surface area contributed by atoms with E-state index in [1.807, 2.05) is 27.8 Å². The van der Waals surface area contributed by atoms with E-state index < -0.39 is 108 Å². The lowest BCUT2D eigenvalue weighted by atomic mass is 9.73. The Hall–Kier alpha value is -1.79. The average molecular weight is 812 g/mol. The van der Waals surface area contributed by atoms with E-state index in [4.69, 9.17) is 28.4 Å². The van der Waals surface area contributed by atoms with E-state index in [-0.39, 0.29) is 31.0 Å². The Bertz CT molecular complexity index is 1430. The summed E-state index contributed by atoms with van der Waals surface area (Å²) in [6, 6.07) is 8.37. The third-order valence-electron chi connectivity index (χ3n) is 13.3. The molecule has 3 aliphatic heterocycles. The molecule has 6 N–H and O–H groups in total. The predicted octanol–water partition coefficient (Wildman–Crippen LogP) is 3.32. The molecule has 4 rings (SSSR count). The number of cyclic esters (lactones) is 1. The number of rotatable bonds is 8. The largest absolute Gasteiger partial charge is 0.454 e. The van der Waals surface area contributed by atoms with Crippen LogP contribution in [0.4, 0.5) is 0 Å². The Labute approximate surface area is 339 Å². The van der Waals surface area contributed by atoms with Crippen molar-refractivity contribution in [3.63, 3.8) is 0 Å². The first-order valence-corrected chi connectivity index (χ1v) is 20.7. The number of hydrogen-bond acceptors (Lipinski definition) is 14. The highest BCUT2D eigenvalue weighted by Crippen LogP contribution is 2.43. The molecule has 19 unspecified atom stereocenters. The maximum Gasteiger partial charge on any atom is 0.312 e. The third kappa shape index (κ3) is 10.4. The Balaban J connectivity index is 1.87. The number of nitrogens with zero attached hydrogens (tertiary/aromatic N) is 1. The van der Waals surface area contributed by atoms with E-state index in [1.54, 1.807) is 78.8 Å². The van der Waals surface area contributed by atoms with Gasteiger partial charge >= 0.3 is 5.97 Å². The molecule has 0 amide bonds. The molecule has 3 fully saturated rings. The highest BCUT2D eigenvalue weighted by molar-refractivity contribution is 5.73. The number of methoxy groups -OCH3 is 1. The van der Waals surface area contributed by atoms with E-state index in [0.29, 0.717) is 12.0 Å². The fourth-order valence-corrected chi connectivity index (χ4v) is 9.34. The highest BCUT2D eigenvalue weighted by Gasteiger charge is 2.54. The van der Waals surface area contributed by atoms with Gasteiger partial charge in [-0.3, -0.25) is 9.69 Å². The van der Waals surface area contributed by atoms with Crippen LogP contribution in [0.3, 0.4) is 0 Å². The molecule has 14 nitrogen and oxygen atoms in total. The van der Waals surface area contributed by atoms with Gasteiger partial charge in [0.05, 0.1) is 53.7 Å². The molecule has 3 saturated heterocycles. The summed E-state index contributed by atoms with van der Waals surface area (Å²) in [5, 5.41) is 71.0. The van der Waals surface area contributed by atoms with Crippen LogP contribution in [0.1, 0.15) is 107 Å². The molecule has 57 heavy (non-hydrogen) atoms. The van der Waals surface area contributed by atoms with Crippen molar-refractivity contribution < 1.29 is 63.9 Å². The molecule has 19 atom stereocenters. The second-order valence-electron chi connectivity index (χ2n) is 18.4. The molecular weight excluding hydrogens is 738 g/mol. The van der Waals surface area contributed by atoms with Crippen molar-refractivity contribution in [2.45, 2.75) is 192 Å². The second-order valence-corrected chi connectivity index (χ2v) is 18.4. The van der Waals surface area contributed by atoms with Crippen LogP contribution in [0.2, 0.25) is 0 Å². The number of carbonyl (C=O) groups is 1. The van der Waals surface area contributed by atoms with Gasteiger partial charge in [-0.15, -0.1) is 0 Å². The minimum atomic E-state index is -2.08. The van der Waals surface area contributed by atoms with Gasteiger partial charge in [0.15, 0.2) is 18.7 Å². The normalized spacial score (nSPS) is 47.1. The number of ether oxygens (including phenoxy) is 6. The molecule has 3 aliphatic rings. The number of aliphatic hydroxyl groups is 6. The van der Waals surface area contributed by atoms with E-state index in [0.717, 1.165) is 0 Å². The lowest BCUT2D eigenvalue weighted by Gasteiger charge is -2.49. The van der Waals surface area contributed by atoms with Gasteiger partial charge in [0.25, 0.3) is 0 Å². The Morgan fingerprint density at radius 3 is 2.04 bits per heavy atom. The smallest absolute Gasteiger partial charge is 0.312 e. The van der Waals surface area contributed by atoms with Gasteiger partial charge in [-0.05, 0) is 86.8 Å². The molecule has 0 bridgehead atoms. The Morgan fingerprint density at radius 2 is 1.46 bits per heavy atom. The first-order chi connectivity index (χ1) is 26.4. The average Bonchev–Trinajstić information content (AvgIpc) is 3.15.